The Hall–Kier alpha value is -3.42. The molecule has 1 aromatic heterocycles. The number of ether oxygens (including phenoxy) is 1. The Morgan fingerprint density at radius 1 is 1.11 bits per heavy atom. The summed E-state index contributed by atoms with van der Waals surface area (Å²) in [5, 5.41) is 22.6. The van der Waals surface area contributed by atoms with Crippen LogP contribution >= 0.6 is 0 Å². The van der Waals surface area contributed by atoms with Gasteiger partial charge in [0, 0.05) is 11.3 Å². The van der Waals surface area contributed by atoms with Gasteiger partial charge in [-0.25, -0.2) is 4.98 Å². The van der Waals surface area contributed by atoms with Crippen molar-refractivity contribution in [3.05, 3.63) is 53.1 Å². The molecule has 2 atom stereocenters. The second-order valence-corrected chi connectivity index (χ2v) is 12.1. The molecule has 7 heteroatoms. The molecular formula is C29H33N5O2. The third-order valence-corrected chi connectivity index (χ3v) is 8.29. The van der Waals surface area contributed by atoms with Crippen LogP contribution in [0.2, 0.25) is 0 Å². The first-order valence-electron chi connectivity index (χ1n) is 12.7. The van der Waals surface area contributed by atoms with Crippen LogP contribution in [0, 0.1) is 28.1 Å². The van der Waals surface area contributed by atoms with Crippen LogP contribution in [0.1, 0.15) is 100 Å². The fraction of sp³-hybridized carbons (Fsp3) is 0.517. The Morgan fingerprint density at radius 2 is 1.83 bits per heavy atom. The zero-order valence-electron chi connectivity index (χ0n) is 21.5. The van der Waals surface area contributed by atoms with E-state index in [-0.39, 0.29) is 28.1 Å². The van der Waals surface area contributed by atoms with Crippen molar-refractivity contribution in [2.75, 3.05) is 5.32 Å². The molecule has 1 aliphatic carbocycles. The van der Waals surface area contributed by atoms with Gasteiger partial charge in [0.2, 0.25) is 0 Å². The smallest absolute Gasteiger partial charge is 0.291 e. The lowest BCUT2D eigenvalue weighted by Crippen LogP contribution is -2.48. The number of fused-ring (bicyclic) bond motifs is 2. The van der Waals surface area contributed by atoms with Gasteiger partial charge in [0.05, 0.1) is 28.9 Å². The van der Waals surface area contributed by atoms with Gasteiger partial charge in [0.25, 0.3) is 5.91 Å². The number of benzene rings is 1. The summed E-state index contributed by atoms with van der Waals surface area (Å²) in [6, 6.07) is 10.7. The molecule has 0 radical (unpaired) electrons. The van der Waals surface area contributed by atoms with Crippen molar-refractivity contribution < 1.29 is 9.53 Å². The summed E-state index contributed by atoms with van der Waals surface area (Å²) >= 11 is 0. The van der Waals surface area contributed by atoms with Gasteiger partial charge in [-0.3, -0.25) is 4.79 Å². The predicted octanol–water partition coefficient (Wildman–Crippen LogP) is 6.01. The number of carbonyl (C=O) groups is 1. The monoisotopic (exact) mass is 483 g/mol. The van der Waals surface area contributed by atoms with Gasteiger partial charge in [0.15, 0.2) is 5.82 Å². The Bertz CT molecular complexity index is 1320. The third kappa shape index (κ3) is 4.33. The van der Waals surface area contributed by atoms with Crippen LogP contribution in [0.3, 0.4) is 0 Å². The molecule has 0 saturated carbocycles. The van der Waals surface area contributed by atoms with E-state index >= 15 is 0 Å². The number of imidazole rings is 1. The number of hydrogen-bond acceptors (Lipinski definition) is 5. The maximum Gasteiger partial charge on any atom is 0.291 e. The fourth-order valence-corrected chi connectivity index (χ4v) is 6.37. The van der Waals surface area contributed by atoms with Gasteiger partial charge in [-0.15, -0.1) is 0 Å². The molecule has 3 aliphatic rings. The second kappa shape index (κ2) is 8.32. The number of anilines is 1. The van der Waals surface area contributed by atoms with E-state index in [1.165, 1.54) is 11.8 Å². The Morgan fingerprint density at radius 3 is 2.42 bits per heavy atom. The molecule has 0 spiro atoms. The van der Waals surface area contributed by atoms with Crippen molar-refractivity contribution in [1.82, 2.24) is 9.97 Å². The lowest BCUT2D eigenvalue weighted by molar-refractivity contribution is -0.138. The van der Waals surface area contributed by atoms with Crippen molar-refractivity contribution in [2.24, 2.45) is 5.41 Å². The number of aromatic nitrogens is 2. The first kappa shape index (κ1) is 24.3. The molecular weight excluding hydrogens is 450 g/mol. The molecule has 2 bridgehead atoms. The van der Waals surface area contributed by atoms with E-state index in [0.717, 1.165) is 43.2 Å². The molecule has 2 N–H and O–H groups in total. The minimum absolute atomic E-state index is 0.0932. The summed E-state index contributed by atoms with van der Waals surface area (Å²) in [4.78, 5) is 19.7. The zero-order chi connectivity index (χ0) is 25.8. The molecule has 2 fully saturated rings. The van der Waals surface area contributed by atoms with Gasteiger partial charge >= 0.3 is 0 Å². The molecule has 1 amide bonds. The molecule has 2 saturated heterocycles. The maximum atomic E-state index is 13.0. The van der Waals surface area contributed by atoms with Crippen molar-refractivity contribution >= 4 is 17.2 Å². The summed E-state index contributed by atoms with van der Waals surface area (Å²) in [5.41, 5.74) is 3.03. The number of allylic oxidation sites excluding steroid dienone is 2. The van der Waals surface area contributed by atoms with Crippen LogP contribution in [-0.2, 0) is 10.2 Å². The number of H-pyrrole nitrogens is 1. The number of nitrogens with one attached hydrogen (secondary N) is 2. The molecule has 3 heterocycles. The highest BCUT2D eigenvalue weighted by Gasteiger charge is 2.57. The topological polar surface area (TPSA) is 115 Å². The maximum absolute atomic E-state index is 13.0. The van der Waals surface area contributed by atoms with E-state index in [1.807, 2.05) is 18.2 Å². The summed E-state index contributed by atoms with van der Waals surface area (Å²) in [7, 11) is 0. The summed E-state index contributed by atoms with van der Waals surface area (Å²) in [6.45, 7) is 8.80. The van der Waals surface area contributed by atoms with Gasteiger partial charge in [-0.2, -0.15) is 10.5 Å². The highest BCUT2D eigenvalue weighted by atomic mass is 16.5. The minimum atomic E-state index is -0.646. The SMILES string of the molecule is CC1(C)CC=C(c2cc(C3(C#N)CC4(C)CCC(C)(C3)O4)ccc2NC(=O)c2ncc(C#N)[nH]2)CC1. The minimum Gasteiger partial charge on any atom is -0.369 e. The van der Waals surface area contributed by atoms with E-state index in [4.69, 9.17) is 10.00 Å². The van der Waals surface area contributed by atoms with Gasteiger partial charge < -0.3 is 15.0 Å². The number of hydrogen-bond donors (Lipinski definition) is 2. The van der Waals surface area contributed by atoms with Crippen molar-refractivity contribution in [1.29, 1.82) is 10.5 Å². The first-order valence-corrected chi connectivity index (χ1v) is 12.7. The molecule has 36 heavy (non-hydrogen) atoms. The average molecular weight is 484 g/mol. The Labute approximate surface area is 212 Å². The molecule has 2 unspecified atom stereocenters. The quantitative estimate of drug-likeness (QED) is 0.553. The zero-order valence-corrected chi connectivity index (χ0v) is 21.5. The molecule has 2 aliphatic heterocycles. The first-order chi connectivity index (χ1) is 17.0. The van der Waals surface area contributed by atoms with Crippen molar-refractivity contribution in [2.45, 2.75) is 89.3 Å². The lowest BCUT2D eigenvalue weighted by Gasteiger charge is -2.45. The van der Waals surface area contributed by atoms with E-state index in [1.54, 1.807) is 0 Å². The third-order valence-electron chi connectivity index (χ3n) is 8.29. The highest BCUT2D eigenvalue weighted by molar-refractivity contribution is 6.03. The number of rotatable bonds is 4. The van der Waals surface area contributed by atoms with Crippen LogP contribution in [0.25, 0.3) is 5.57 Å². The van der Waals surface area contributed by atoms with Crippen molar-refractivity contribution in [3.63, 3.8) is 0 Å². The molecule has 5 rings (SSSR count). The van der Waals surface area contributed by atoms with E-state index < -0.39 is 11.3 Å². The number of carbonyl (C=O) groups excluding carboxylic acids is 1. The van der Waals surface area contributed by atoms with E-state index in [0.29, 0.717) is 18.5 Å². The fourth-order valence-electron chi connectivity index (χ4n) is 6.37. The highest BCUT2D eigenvalue weighted by Crippen LogP contribution is 2.56. The number of aromatic amines is 1. The van der Waals surface area contributed by atoms with Crippen LogP contribution in [0.5, 0.6) is 0 Å². The second-order valence-electron chi connectivity index (χ2n) is 12.1. The van der Waals surface area contributed by atoms with E-state index in [9.17, 15) is 10.1 Å². The van der Waals surface area contributed by atoms with Gasteiger partial charge in [-0.05, 0) is 87.5 Å². The molecule has 1 aromatic carbocycles. The van der Waals surface area contributed by atoms with Crippen LogP contribution in [0.15, 0.2) is 30.5 Å². The van der Waals surface area contributed by atoms with Crippen LogP contribution < -0.4 is 5.32 Å². The van der Waals surface area contributed by atoms with E-state index in [2.05, 4.69) is 61.2 Å². The van der Waals surface area contributed by atoms with Gasteiger partial charge in [-0.1, -0.05) is 26.0 Å². The predicted molar refractivity (Wildman–Crippen MR) is 137 cm³/mol. The number of nitriles is 2. The van der Waals surface area contributed by atoms with Crippen LogP contribution in [-0.4, -0.2) is 27.1 Å². The Balaban J connectivity index is 1.55. The normalized spacial score (nSPS) is 30.7. The van der Waals surface area contributed by atoms with Crippen LogP contribution in [0.4, 0.5) is 5.69 Å². The van der Waals surface area contributed by atoms with Crippen molar-refractivity contribution in [3.8, 4) is 12.1 Å². The number of nitrogens with zero attached hydrogens (tertiary/aromatic N) is 3. The largest absolute Gasteiger partial charge is 0.369 e. The Kier molecular flexibility index (Phi) is 5.61. The standard InChI is InChI=1S/C29H33N5O2/c1-26(2)9-7-19(8-10-26)22-13-20(29(18-31)16-27(3)11-12-28(4,17-29)36-27)5-6-23(22)34-25(35)24-32-15-21(14-30)33-24/h5-7,13,15H,8-12,16-17H2,1-4H3,(H,32,33)(H,34,35). The molecule has 186 valence electrons. The summed E-state index contributed by atoms with van der Waals surface area (Å²) < 4.78 is 6.40. The molecule has 7 nitrogen and oxygen atoms in total. The lowest BCUT2D eigenvalue weighted by atomic mass is 9.67. The summed E-state index contributed by atoms with van der Waals surface area (Å²) in [5.74, 6) is -0.308. The van der Waals surface area contributed by atoms with Gasteiger partial charge in [0.1, 0.15) is 11.8 Å². The summed E-state index contributed by atoms with van der Waals surface area (Å²) in [6.07, 6.45) is 9.76. The number of amides is 1. The average Bonchev–Trinajstić information content (AvgIpc) is 3.41. The molecule has 2 aromatic rings.